The summed E-state index contributed by atoms with van der Waals surface area (Å²) in [4.78, 5) is 5.28. The summed E-state index contributed by atoms with van der Waals surface area (Å²) in [6.07, 6.45) is 2.68. The Bertz CT molecular complexity index is 623. The lowest BCUT2D eigenvalue weighted by Crippen LogP contribution is -1.89. The second-order valence-electron chi connectivity index (χ2n) is 4.60. The average Bonchev–Trinajstić information content (AvgIpc) is 2.93. The van der Waals surface area contributed by atoms with Crippen LogP contribution in [0, 0.1) is 0 Å². The van der Waals surface area contributed by atoms with Gasteiger partial charge in [-0.2, -0.15) is 0 Å². The normalized spacial score (nSPS) is 13.2. The van der Waals surface area contributed by atoms with Crippen LogP contribution >= 0.6 is 11.6 Å². The summed E-state index contributed by atoms with van der Waals surface area (Å²) in [7, 11) is 0. The molecule has 1 heterocycles. The molecule has 0 spiro atoms. The molecule has 0 aromatic heterocycles. The molecule has 0 N–H and O–H groups in total. The van der Waals surface area contributed by atoms with E-state index in [1.807, 2.05) is 36.4 Å². The Balaban J connectivity index is 1.56. The molecule has 3 rings (SSSR count). The number of benzene rings is 2. The van der Waals surface area contributed by atoms with E-state index in [-0.39, 0.29) is 0 Å². The SMILES string of the molecule is Clc1ccc(CO/N=C/c2ccc3c(c2)CCO3)cc1. The van der Waals surface area contributed by atoms with Gasteiger partial charge in [0.15, 0.2) is 0 Å². The summed E-state index contributed by atoms with van der Waals surface area (Å²) in [5.41, 5.74) is 3.28. The lowest BCUT2D eigenvalue weighted by molar-refractivity contribution is 0.132. The van der Waals surface area contributed by atoms with E-state index in [2.05, 4.69) is 11.2 Å². The molecule has 20 heavy (non-hydrogen) atoms. The minimum atomic E-state index is 0.432. The maximum atomic E-state index is 5.82. The van der Waals surface area contributed by atoms with Crippen molar-refractivity contribution in [3.8, 4) is 5.75 Å². The van der Waals surface area contributed by atoms with Crippen molar-refractivity contribution in [2.24, 2.45) is 5.16 Å². The molecule has 0 aliphatic carbocycles. The van der Waals surface area contributed by atoms with Gasteiger partial charge < -0.3 is 9.57 Å². The number of rotatable bonds is 4. The zero-order valence-electron chi connectivity index (χ0n) is 10.9. The summed E-state index contributed by atoms with van der Waals surface area (Å²) in [5, 5.41) is 4.71. The third-order valence-corrected chi connectivity index (χ3v) is 3.39. The Labute approximate surface area is 122 Å². The van der Waals surface area contributed by atoms with Crippen LogP contribution in [0.15, 0.2) is 47.6 Å². The number of hydrogen-bond donors (Lipinski definition) is 0. The Kier molecular flexibility index (Phi) is 3.88. The zero-order chi connectivity index (χ0) is 13.8. The number of halogens is 1. The molecular weight excluding hydrogens is 274 g/mol. The van der Waals surface area contributed by atoms with Crippen molar-refractivity contribution < 1.29 is 9.57 Å². The quantitative estimate of drug-likeness (QED) is 0.632. The van der Waals surface area contributed by atoms with E-state index >= 15 is 0 Å². The monoisotopic (exact) mass is 287 g/mol. The van der Waals surface area contributed by atoms with Gasteiger partial charge in [0, 0.05) is 11.4 Å². The first-order valence-electron chi connectivity index (χ1n) is 6.47. The van der Waals surface area contributed by atoms with Gasteiger partial charge >= 0.3 is 0 Å². The van der Waals surface area contributed by atoms with Crippen LogP contribution in [0.25, 0.3) is 0 Å². The minimum Gasteiger partial charge on any atom is -0.493 e. The van der Waals surface area contributed by atoms with Crippen LogP contribution < -0.4 is 4.74 Å². The molecule has 4 heteroatoms. The molecule has 0 radical (unpaired) electrons. The van der Waals surface area contributed by atoms with Crippen LogP contribution in [0.1, 0.15) is 16.7 Å². The van der Waals surface area contributed by atoms with Gasteiger partial charge in [0.1, 0.15) is 12.4 Å². The molecule has 0 saturated heterocycles. The van der Waals surface area contributed by atoms with Crippen molar-refractivity contribution >= 4 is 17.8 Å². The molecule has 1 aliphatic rings. The Morgan fingerprint density at radius 3 is 2.90 bits per heavy atom. The van der Waals surface area contributed by atoms with Crippen molar-refractivity contribution in [3.05, 3.63) is 64.2 Å². The molecule has 0 unspecified atom stereocenters. The number of fused-ring (bicyclic) bond motifs is 1. The molecule has 1 aliphatic heterocycles. The van der Waals surface area contributed by atoms with Gasteiger partial charge in [-0.25, -0.2) is 0 Å². The fraction of sp³-hybridized carbons (Fsp3) is 0.188. The van der Waals surface area contributed by atoms with Crippen LogP contribution in [0.5, 0.6) is 5.75 Å². The lowest BCUT2D eigenvalue weighted by Gasteiger charge is -2.01. The third-order valence-electron chi connectivity index (χ3n) is 3.13. The molecule has 2 aromatic rings. The predicted octanol–water partition coefficient (Wildman–Crippen LogP) is 3.83. The molecule has 2 aromatic carbocycles. The fourth-order valence-electron chi connectivity index (χ4n) is 2.08. The highest BCUT2D eigenvalue weighted by atomic mass is 35.5. The molecule has 0 bridgehead atoms. The molecule has 0 amide bonds. The van der Waals surface area contributed by atoms with Gasteiger partial charge in [0.2, 0.25) is 0 Å². The van der Waals surface area contributed by atoms with Gasteiger partial charge in [-0.15, -0.1) is 0 Å². The highest BCUT2D eigenvalue weighted by molar-refractivity contribution is 6.30. The van der Waals surface area contributed by atoms with Crippen LogP contribution in [-0.2, 0) is 17.9 Å². The average molecular weight is 288 g/mol. The predicted molar refractivity (Wildman–Crippen MR) is 79.5 cm³/mol. The smallest absolute Gasteiger partial charge is 0.142 e. The minimum absolute atomic E-state index is 0.432. The van der Waals surface area contributed by atoms with E-state index in [0.717, 1.165) is 34.9 Å². The van der Waals surface area contributed by atoms with E-state index in [0.29, 0.717) is 6.61 Å². The molecule has 0 saturated carbocycles. The van der Waals surface area contributed by atoms with Crippen molar-refractivity contribution in [1.82, 2.24) is 0 Å². The maximum absolute atomic E-state index is 5.82. The van der Waals surface area contributed by atoms with Crippen LogP contribution in [0.2, 0.25) is 5.02 Å². The Hall–Kier alpha value is -2.00. The first-order chi connectivity index (χ1) is 9.81. The van der Waals surface area contributed by atoms with Crippen molar-refractivity contribution in [2.75, 3.05) is 6.61 Å². The van der Waals surface area contributed by atoms with Crippen LogP contribution in [-0.4, -0.2) is 12.8 Å². The van der Waals surface area contributed by atoms with Crippen LogP contribution in [0.4, 0.5) is 0 Å². The summed E-state index contributed by atoms with van der Waals surface area (Å²) in [6.45, 7) is 1.20. The maximum Gasteiger partial charge on any atom is 0.142 e. The fourth-order valence-corrected chi connectivity index (χ4v) is 2.20. The van der Waals surface area contributed by atoms with E-state index in [1.54, 1.807) is 6.21 Å². The Morgan fingerprint density at radius 2 is 2.05 bits per heavy atom. The number of ether oxygens (including phenoxy) is 1. The highest BCUT2D eigenvalue weighted by Crippen LogP contribution is 2.25. The largest absolute Gasteiger partial charge is 0.493 e. The van der Waals surface area contributed by atoms with Gasteiger partial charge in [0.25, 0.3) is 0 Å². The first-order valence-corrected chi connectivity index (χ1v) is 6.84. The molecule has 3 nitrogen and oxygen atoms in total. The molecule has 0 fully saturated rings. The van der Waals surface area contributed by atoms with Gasteiger partial charge in [0.05, 0.1) is 12.8 Å². The highest BCUT2D eigenvalue weighted by Gasteiger charge is 2.11. The molecular formula is C16H14ClNO2. The van der Waals surface area contributed by atoms with Crippen LogP contribution in [0.3, 0.4) is 0 Å². The van der Waals surface area contributed by atoms with E-state index in [4.69, 9.17) is 21.2 Å². The standard InChI is InChI=1S/C16H14ClNO2/c17-15-4-1-12(2-5-15)11-20-18-10-13-3-6-16-14(9-13)7-8-19-16/h1-6,9-10H,7-8,11H2/b18-10+. The number of oxime groups is 1. The van der Waals surface area contributed by atoms with E-state index in [9.17, 15) is 0 Å². The van der Waals surface area contributed by atoms with Crippen molar-refractivity contribution in [1.29, 1.82) is 0 Å². The topological polar surface area (TPSA) is 30.8 Å². The lowest BCUT2D eigenvalue weighted by atomic mass is 10.1. The Morgan fingerprint density at radius 1 is 1.20 bits per heavy atom. The second kappa shape index (κ2) is 5.97. The third kappa shape index (κ3) is 3.11. The zero-order valence-corrected chi connectivity index (χ0v) is 11.6. The van der Waals surface area contributed by atoms with Gasteiger partial charge in [-0.1, -0.05) is 28.9 Å². The van der Waals surface area contributed by atoms with Gasteiger partial charge in [-0.05, 0) is 47.0 Å². The van der Waals surface area contributed by atoms with Crippen molar-refractivity contribution in [3.63, 3.8) is 0 Å². The van der Waals surface area contributed by atoms with E-state index in [1.165, 1.54) is 5.56 Å². The summed E-state index contributed by atoms with van der Waals surface area (Å²) >= 11 is 5.82. The summed E-state index contributed by atoms with van der Waals surface area (Å²) in [6, 6.07) is 13.5. The number of nitrogens with zero attached hydrogens (tertiary/aromatic N) is 1. The first kappa shape index (κ1) is 13.0. The van der Waals surface area contributed by atoms with E-state index < -0.39 is 0 Å². The van der Waals surface area contributed by atoms with Gasteiger partial charge in [-0.3, -0.25) is 0 Å². The summed E-state index contributed by atoms with van der Waals surface area (Å²) < 4.78 is 5.46. The molecule has 102 valence electrons. The van der Waals surface area contributed by atoms with Crippen molar-refractivity contribution in [2.45, 2.75) is 13.0 Å². The second-order valence-corrected chi connectivity index (χ2v) is 5.04. The summed E-state index contributed by atoms with van der Waals surface area (Å²) in [5.74, 6) is 0.976. The molecule has 0 atom stereocenters. The number of hydrogen-bond acceptors (Lipinski definition) is 3.